The molecule has 0 aliphatic rings. The third kappa shape index (κ3) is 6.15. The molecule has 7 heteroatoms. The fourth-order valence-electron chi connectivity index (χ4n) is 2.70. The van der Waals surface area contributed by atoms with E-state index in [2.05, 4.69) is 19.7 Å². The van der Waals surface area contributed by atoms with Gasteiger partial charge in [-0.2, -0.15) is 4.89 Å². The standard InChI is InChI=1S/C22H24N2O5/c1-3-27-29-21(25)11-8-17-6-9-19(10-7-17)26-14-12-20-16(2)28-22(24-20)18-5-4-13-23-15-18/h4-7,9-10,13,15H,3,8,11-12,14H2,1-2H3. The molecule has 0 spiro atoms. The van der Waals surface area contributed by atoms with E-state index in [0.717, 1.165) is 28.3 Å². The number of oxazole rings is 1. The molecule has 0 bridgehead atoms. The van der Waals surface area contributed by atoms with Gasteiger partial charge in [-0.25, -0.2) is 9.78 Å². The Morgan fingerprint density at radius 2 is 1.97 bits per heavy atom. The highest BCUT2D eigenvalue weighted by molar-refractivity contribution is 5.69. The second-order valence-corrected chi connectivity index (χ2v) is 6.37. The number of aromatic nitrogens is 2. The first kappa shape index (κ1) is 20.5. The first-order valence-corrected chi connectivity index (χ1v) is 9.56. The second kappa shape index (κ2) is 10.4. The van der Waals surface area contributed by atoms with Crippen LogP contribution in [0.3, 0.4) is 0 Å². The van der Waals surface area contributed by atoms with E-state index in [-0.39, 0.29) is 12.4 Å². The molecule has 7 nitrogen and oxygen atoms in total. The van der Waals surface area contributed by atoms with Crippen molar-refractivity contribution in [2.45, 2.75) is 33.1 Å². The van der Waals surface area contributed by atoms with Crippen LogP contribution in [0.25, 0.3) is 11.5 Å². The molecular formula is C22H24N2O5. The van der Waals surface area contributed by atoms with E-state index in [1.807, 2.05) is 43.3 Å². The summed E-state index contributed by atoms with van der Waals surface area (Å²) >= 11 is 0. The van der Waals surface area contributed by atoms with Crippen molar-refractivity contribution >= 4 is 5.97 Å². The van der Waals surface area contributed by atoms with Gasteiger partial charge >= 0.3 is 5.97 Å². The molecule has 0 radical (unpaired) electrons. The number of carbonyl (C=O) groups excluding carboxylic acids is 1. The summed E-state index contributed by atoms with van der Waals surface area (Å²) in [5.74, 6) is 1.74. The first-order valence-electron chi connectivity index (χ1n) is 9.56. The van der Waals surface area contributed by atoms with Crippen LogP contribution in [0, 0.1) is 6.92 Å². The molecule has 0 aliphatic heterocycles. The van der Waals surface area contributed by atoms with Gasteiger partial charge < -0.3 is 9.15 Å². The van der Waals surface area contributed by atoms with Crippen LogP contribution in [-0.2, 0) is 27.4 Å². The van der Waals surface area contributed by atoms with Crippen molar-refractivity contribution in [3.63, 3.8) is 0 Å². The van der Waals surface area contributed by atoms with Crippen LogP contribution in [0.4, 0.5) is 0 Å². The summed E-state index contributed by atoms with van der Waals surface area (Å²) in [6, 6.07) is 11.4. The molecule has 3 aromatic rings. The molecule has 1 aromatic carbocycles. The maximum Gasteiger partial charge on any atom is 0.342 e. The minimum Gasteiger partial charge on any atom is -0.493 e. The lowest BCUT2D eigenvalue weighted by molar-refractivity contribution is -0.269. The Bertz CT molecular complexity index is 907. The Hall–Kier alpha value is -3.19. The molecule has 2 aromatic heterocycles. The Balaban J connectivity index is 1.46. The molecule has 0 N–H and O–H groups in total. The second-order valence-electron chi connectivity index (χ2n) is 6.37. The molecule has 0 saturated carbocycles. The van der Waals surface area contributed by atoms with Crippen molar-refractivity contribution in [2.75, 3.05) is 13.2 Å². The zero-order valence-electron chi connectivity index (χ0n) is 16.6. The van der Waals surface area contributed by atoms with E-state index in [1.54, 1.807) is 19.3 Å². The quantitative estimate of drug-likeness (QED) is 0.377. The highest BCUT2D eigenvalue weighted by atomic mass is 17.2. The SMILES string of the molecule is CCOOC(=O)CCc1ccc(OCCc2nc(-c3cccnc3)oc2C)cc1. The predicted octanol–water partition coefficient (Wildman–Crippen LogP) is 4.09. The lowest BCUT2D eigenvalue weighted by atomic mass is 10.1. The maximum atomic E-state index is 11.4. The van der Waals surface area contributed by atoms with E-state index in [1.165, 1.54) is 0 Å². The fourth-order valence-corrected chi connectivity index (χ4v) is 2.70. The smallest absolute Gasteiger partial charge is 0.342 e. The summed E-state index contributed by atoms with van der Waals surface area (Å²) in [4.78, 5) is 29.3. The number of rotatable bonds is 10. The van der Waals surface area contributed by atoms with Crippen LogP contribution in [-0.4, -0.2) is 29.2 Å². The first-order chi connectivity index (χ1) is 14.2. The van der Waals surface area contributed by atoms with Gasteiger partial charge in [-0.3, -0.25) is 9.87 Å². The van der Waals surface area contributed by atoms with E-state index in [4.69, 9.17) is 9.15 Å². The normalized spacial score (nSPS) is 10.7. The third-order valence-corrected chi connectivity index (χ3v) is 4.22. The molecule has 2 heterocycles. The van der Waals surface area contributed by atoms with E-state index in [0.29, 0.717) is 31.9 Å². The molecule has 3 rings (SSSR count). The number of aryl methyl sites for hydroxylation is 2. The zero-order valence-corrected chi connectivity index (χ0v) is 16.6. The summed E-state index contributed by atoms with van der Waals surface area (Å²) in [6.45, 7) is 4.49. The summed E-state index contributed by atoms with van der Waals surface area (Å²) < 4.78 is 11.5. The minimum atomic E-state index is -0.374. The predicted molar refractivity (Wildman–Crippen MR) is 106 cm³/mol. The molecule has 0 saturated heterocycles. The monoisotopic (exact) mass is 396 g/mol. The van der Waals surface area contributed by atoms with Gasteiger partial charge in [-0.15, -0.1) is 0 Å². The largest absolute Gasteiger partial charge is 0.493 e. The van der Waals surface area contributed by atoms with Gasteiger partial charge in [0.2, 0.25) is 5.89 Å². The van der Waals surface area contributed by atoms with Crippen LogP contribution in [0.1, 0.15) is 30.4 Å². The van der Waals surface area contributed by atoms with Crippen molar-refractivity contribution in [3.8, 4) is 17.2 Å². The third-order valence-electron chi connectivity index (χ3n) is 4.22. The van der Waals surface area contributed by atoms with Gasteiger partial charge in [-0.1, -0.05) is 12.1 Å². The number of hydrogen-bond acceptors (Lipinski definition) is 7. The number of pyridine rings is 1. The van der Waals surface area contributed by atoms with Gasteiger partial charge in [-0.05, 0) is 50.1 Å². The molecular weight excluding hydrogens is 372 g/mol. The van der Waals surface area contributed by atoms with Crippen molar-refractivity contribution in [3.05, 3.63) is 65.8 Å². The average Bonchev–Trinajstić information content (AvgIpc) is 3.13. The van der Waals surface area contributed by atoms with Gasteiger partial charge in [0.15, 0.2) is 0 Å². The summed E-state index contributed by atoms with van der Waals surface area (Å²) in [5, 5.41) is 0. The van der Waals surface area contributed by atoms with Gasteiger partial charge in [0.25, 0.3) is 0 Å². The lowest BCUT2D eigenvalue weighted by Gasteiger charge is -2.07. The summed E-state index contributed by atoms with van der Waals surface area (Å²) in [7, 11) is 0. The number of nitrogens with zero attached hydrogens (tertiary/aromatic N) is 2. The molecule has 29 heavy (non-hydrogen) atoms. The van der Waals surface area contributed by atoms with E-state index < -0.39 is 0 Å². The van der Waals surface area contributed by atoms with Crippen LogP contribution < -0.4 is 4.74 Å². The van der Waals surface area contributed by atoms with Crippen LogP contribution in [0.5, 0.6) is 5.75 Å². The summed E-state index contributed by atoms with van der Waals surface area (Å²) in [6.07, 6.45) is 4.93. The topological polar surface area (TPSA) is 83.7 Å². The number of ether oxygens (including phenoxy) is 1. The van der Waals surface area contributed by atoms with E-state index in [9.17, 15) is 4.79 Å². The van der Waals surface area contributed by atoms with Crippen LogP contribution in [0.15, 0.2) is 53.2 Å². The van der Waals surface area contributed by atoms with Gasteiger partial charge in [0.1, 0.15) is 11.5 Å². The number of carbonyl (C=O) groups is 1. The minimum absolute atomic E-state index is 0.269. The Morgan fingerprint density at radius 3 is 2.69 bits per heavy atom. The molecule has 0 fully saturated rings. The molecule has 152 valence electrons. The van der Waals surface area contributed by atoms with Gasteiger partial charge in [0.05, 0.1) is 30.9 Å². The van der Waals surface area contributed by atoms with Crippen molar-refractivity contribution in [2.24, 2.45) is 0 Å². The summed E-state index contributed by atoms with van der Waals surface area (Å²) in [5.41, 5.74) is 2.75. The van der Waals surface area contributed by atoms with E-state index >= 15 is 0 Å². The number of benzene rings is 1. The molecule has 0 atom stereocenters. The molecule has 0 unspecified atom stereocenters. The Morgan fingerprint density at radius 1 is 1.14 bits per heavy atom. The van der Waals surface area contributed by atoms with Crippen LogP contribution >= 0.6 is 0 Å². The van der Waals surface area contributed by atoms with Crippen molar-refractivity contribution in [1.29, 1.82) is 0 Å². The lowest BCUT2D eigenvalue weighted by Crippen LogP contribution is -2.06. The van der Waals surface area contributed by atoms with Crippen molar-refractivity contribution in [1.82, 2.24) is 9.97 Å². The van der Waals surface area contributed by atoms with Crippen LogP contribution in [0.2, 0.25) is 0 Å². The zero-order chi connectivity index (χ0) is 20.5. The van der Waals surface area contributed by atoms with Gasteiger partial charge in [0, 0.05) is 18.8 Å². The van der Waals surface area contributed by atoms with Crippen molar-refractivity contribution < 1.29 is 23.7 Å². The maximum absolute atomic E-state index is 11.4. The molecule has 0 amide bonds. The molecule has 0 aliphatic carbocycles. The highest BCUT2D eigenvalue weighted by Crippen LogP contribution is 2.21. The average molecular weight is 396 g/mol. The Labute approximate surface area is 169 Å². The fraction of sp³-hybridized carbons (Fsp3) is 0.318. The number of hydrogen-bond donors (Lipinski definition) is 0. The Kier molecular flexibility index (Phi) is 7.35. The highest BCUT2D eigenvalue weighted by Gasteiger charge is 2.11.